The lowest BCUT2D eigenvalue weighted by atomic mass is 10.0. The highest BCUT2D eigenvalue weighted by Gasteiger charge is 2.12. The Morgan fingerprint density at radius 2 is 1.86 bits per heavy atom. The summed E-state index contributed by atoms with van der Waals surface area (Å²) in [6.07, 6.45) is 11.6. The molecule has 0 aromatic heterocycles. The summed E-state index contributed by atoms with van der Waals surface area (Å²) >= 11 is 0. The number of hydrogen-bond acceptors (Lipinski definition) is 2. The highest BCUT2D eigenvalue weighted by molar-refractivity contribution is 5.44. The normalized spacial score (nSPS) is 14.5. The molecule has 0 N–H and O–H groups in total. The second kappa shape index (κ2) is 8.67. The monoisotopic (exact) mass is 300 g/mol. The predicted molar refractivity (Wildman–Crippen MR) is 92.5 cm³/mol. The maximum Gasteiger partial charge on any atom is 0.231 e. The zero-order valence-electron chi connectivity index (χ0n) is 14.2. The van der Waals surface area contributed by atoms with Crippen molar-refractivity contribution in [1.29, 1.82) is 0 Å². The van der Waals surface area contributed by atoms with E-state index in [-0.39, 0.29) is 0 Å². The van der Waals surface area contributed by atoms with E-state index in [1.54, 1.807) is 5.57 Å². The molecule has 0 saturated carbocycles. The first kappa shape index (κ1) is 16.7. The molecule has 120 valence electrons. The molecule has 0 amide bonds. The molecule has 0 radical (unpaired) electrons. The SMILES string of the molecule is CC/C(C)=C\CC/C(=C/CCc1ccc2c(c1)OCO2)CC. The minimum absolute atomic E-state index is 0.351. The Labute approximate surface area is 134 Å². The number of fused-ring (bicyclic) bond motifs is 1. The van der Waals surface area contributed by atoms with Gasteiger partial charge in [0, 0.05) is 0 Å². The molecule has 0 unspecified atom stereocenters. The summed E-state index contributed by atoms with van der Waals surface area (Å²) in [5.74, 6) is 1.75. The van der Waals surface area contributed by atoms with E-state index in [0.717, 1.165) is 37.2 Å². The Kier molecular flexibility index (Phi) is 6.57. The molecular formula is C20H28O2. The lowest BCUT2D eigenvalue weighted by Crippen LogP contribution is -1.93. The highest BCUT2D eigenvalue weighted by Crippen LogP contribution is 2.32. The van der Waals surface area contributed by atoms with Crippen molar-refractivity contribution in [2.24, 2.45) is 0 Å². The lowest BCUT2D eigenvalue weighted by molar-refractivity contribution is 0.174. The van der Waals surface area contributed by atoms with Gasteiger partial charge in [-0.05, 0) is 63.1 Å². The van der Waals surface area contributed by atoms with Crippen molar-refractivity contribution in [3.05, 3.63) is 47.1 Å². The van der Waals surface area contributed by atoms with Crippen LogP contribution in [0.25, 0.3) is 0 Å². The van der Waals surface area contributed by atoms with E-state index < -0.39 is 0 Å². The van der Waals surface area contributed by atoms with Crippen LogP contribution in [-0.4, -0.2) is 6.79 Å². The zero-order valence-corrected chi connectivity index (χ0v) is 14.2. The molecule has 22 heavy (non-hydrogen) atoms. The van der Waals surface area contributed by atoms with Crippen molar-refractivity contribution in [3.8, 4) is 11.5 Å². The molecule has 2 rings (SSSR count). The zero-order chi connectivity index (χ0) is 15.8. The summed E-state index contributed by atoms with van der Waals surface area (Å²) in [6.45, 7) is 7.04. The number of benzene rings is 1. The van der Waals surface area contributed by atoms with E-state index in [0.29, 0.717) is 6.79 Å². The van der Waals surface area contributed by atoms with Crippen molar-refractivity contribution in [2.75, 3.05) is 6.79 Å². The second-order valence-electron chi connectivity index (χ2n) is 5.88. The van der Waals surface area contributed by atoms with Gasteiger partial charge in [-0.15, -0.1) is 0 Å². The summed E-state index contributed by atoms with van der Waals surface area (Å²) in [4.78, 5) is 0. The van der Waals surface area contributed by atoms with Gasteiger partial charge in [-0.1, -0.05) is 43.2 Å². The molecular weight excluding hydrogens is 272 g/mol. The van der Waals surface area contributed by atoms with Crippen LogP contribution in [0.5, 0.6) is 11.5 Å². The number of ether oxygens (including phenoxy) is 2. The molecule has 0 atom stereocenters. The topological polar surface area (TPSA) is 18.5 Å². The highest BCUT2D eigenvalue weighted by atomic mass is 16.7. The minimum atomic E-state index is 0.351. The molecule has 1 aliphatic heterocycles. The van der Waals surface area contributed by atoms with Gasteiger partial charge in [0.25, 0.3) is 0 Å². The average molecular weight is 300 g/mol. The summed E-state index contributed by atoms with van der Waals surface area (Å²) in [5.41, 5.74) is 4.38. The van der Waals surface area contributed by atoms with Gasteiger partial charge in [-0.25, -0.2) is 0 Å². The van der Waals surface area contributed by atoms with Gasteiger partial charge in [-0.2, -0.15) is 0 Å². The van der Waals surface area contributed by atoms with Crippen LogP contribution in [0.3, 0.4) is 0 Å². The summed E-state index contributed by atoms with van der Waals surface area (Å²) in [5, 5.41) is 0. The Morgan fingerprint density at radius 1 is 1.05 bits per heavy atom. The molecule has 1 heterocycles. The van der Waals surface area contributed by atoms with E-state index in [9.17, 15) is 0 Å². The van der Waals surface area contributed by atoms with Crippen molar-refractivity contribution in [1.82, 2.24) is 0 Å². The molecule has 2 nitrogen and oxygen atoms in total. The molecule has 1 aromatic rings. The molecule has 0 spiro atoms. The summed E-state index contributed by atoms with van der Waals surface area (Å²) in [6, 6.07) is 6.26. The van der Waals surface area contributed by atoms with Crippen LogP contribution in [0.1, 0.15) is 58.4 Å². The fraction of sp³-hybridized carbons (Fsp3) is 0.500. The van der Waals surface area contributed by atoms with Crippen molar-refractivity contribution >= 4 is 0 Å². The predicted octanol–water partition coefficient (Wildman–Crippen LogP) is 5.82. The van der Waals surface area contributed by atoms with E-state index in [2.05, 4.69) is 45.1 Å². The molecule has 1 aromatic carbocycles. The maximum absolute atomic E-state index is 5.43. The second-order valence-corrected chi connectivity index (χ2v) is 5.88. The van der Waals surface area contributed by atoms with Crippen molar-refractivity contribution in [2.45, 2.75) is 59.3 Å². The van der Waals surface area contributed by atoms with Gasteiger partial charge in [0.05, 0.1) is 0 Å². The van der Waals surface area contributed by atoms with Crippen LogP contribution in [-0.2, 0) is 6.42 Å². The van der Waals surface area contributed by atoms with Crippen LogP contribution < -0.4 is 9.47 Å². The molecule has 0 saturated heterocycles. The number of rotatable bonds is 8. The summed E-state index contributed by atoms with van der Waals surface area (Å²) in [7, 11) is 0. The molecule has 0 fully saturated rings. The Bertz CT molecular complexity index is 541. The van der Waals surface area contributed by atoms with Gasteiger partial charge < -0.3 is 9.47 Å². The number of aryl methyl sites for hydroxylation is 1. The van der Waals surface area contributed by atoms with E-state index in [1.165, 1.54) is 24.0 Å². The van der Waals surface area contributed by atoms with Gasteiger partial charge in [-0.3, -0.25) is 0 Å². The first-order chi connectivity index (χ1) is 10.7. The maximum atomic E-state index is 5.43. The third kappa shape index (κ3) is 4.94. The average Bonchev–Trinajstić information content (AvgIpc) is 3.00. The smallest absolute Gasteiger partial charge is 0.231 e. The van der Waals surface area contributed by atoms with Crippen LogP contribution in [0.4, 0.5) is 0 Å². The van der Waals surface area contributed by atoms with Crippen molar-refractivity contribution in [3.63, 3.8) is 0 Å². The van der Waals surface area contributed by atoms with Gasteiger partial charge in [0.2, 0.25) is 6.79 Å². The molecule has 0 aliphatic carbocycles. The fourth-order valence-electron chi connectivity index (χ4n) is 2.61. The molecule has 0 bridgehead atoms. The Hall–Kier alpha value is -1.70. The van der Waals surface area contributed by atoms with E-state index in [4.69, 9.17) is 9.47 Å². The van der Waals surface area contributed by atoms with Crippen LogP contribution in [0, 0.1) is 0 Å². The van der Waals surface area contributed by atoms with Crippen LogP contribution >= 0.6 is 0 Å². The number of hydrogen-bond donors (Lipinski definition) is 0. The van der Waals surface area contributed by atoms with Gasteiger partial charge in [0.1, 0.15) is 0 Å². The third-order valence-corrected chi connectivity index (χ3v) is 4.27. The minimum Gasteiger partial charge on any atom is -0.454 e. The molecule has 1 aliphatic rings. The molecule has 2 heteroatoms. The van der Waals surface area contributed by atoms with Crippen LogP contribution in [0.15, 0.2) is 41.5 Å². The van der Waals surface area contributed by atoms with E-state index in [1.807, 2.05) is 6.07 Å². The first-order valence-corrected chi connectivity index (χ1v) is 8.45. The first-order valence-electron chi connectivity index (χ1n) is 8.45. The standard InChI is InChI=1S/C20H28O2/c1-4-16(3)8-6-9-17(5-2)10-7-11-18-12-13-19-20(14-18)22-15-21-19/h8,10,12-14H,4-7,9,11,15H2,1-3H3/b16-8-,17-10+. The Balaban J connectivity index is 1.82. The Morgan fingerprint density at radius 3 is 2.64 bits per heavy atom. The van der Waals surface area contributed by atoms with Crippen LogP contribution in [0.2, 0.25) is 0 Å². The largest absolute Gasteiger partial charge is 0.454 e. The van der Waals surface area contributed by atoms with Gasteiger partial charge in [0.15, 0.2) is 11.5 Å². The van der Waals surface area contributed by atoms with E-state index >= 15 is 0 Å². The van der Waals surface area contributed by atoms with Crippen molar-refractivity contribution < 1.29 is 9.47 Å². The number of allylic oxidation sites excluding steroid dienone is 4. The van der Waals surface area contributed by atoms with Gasteiger partial charge >= 0.3 is 0 Å². The third-order valence-electron chi connectivity index (χ3n) is 4.27. The fourth-order valence-corrected chi connectivity index (χ4v) is 2.61. The summed E-state index contributed by atoms with van der Waals surface area (Å²) < 4.78 is 10.8. The quantitative estimate of drug-likeness (QED) is 0.563. The lowest BCUT2D eigenvalue weighted by Gasteiger charge is -2.05.